The third-order valence-corrected chi connectivity index (χ3v) is 4.43. The summed E-state index contributed by atoms with van der Waals surface area (Å²) in [6.07, 6.45) is 4.15. The summed E-state index contributed by atoms with van der Waals surface area (Å²) in [4.78, 5) is 12.2. The van der Waals surface area contributed by atoms with Crippen LogP contribution in [0.15, 0.2) is 12.1 Å². The van der Waals surface area contributed by atoms with E-state index in [1.807, 2.05) is 0 Å². The quantitative estimate of drug-likeness (QED) is 0.779. The molecule has 24 heavy (non-hydrogen) atoms. The third kappa shape index (κ3) is 4.45. The molecule has 0 saturated heterocycles. The van der Waals surface area contributed by atoms with Gasteiger partial charge in [-0.2, -0.15) is 0 Å². The van der Waals surface area contributed by atoms with Gasteiger partial charge in [0.1, 0.15) is 17.2 Å². The zero-order valence-corrected chi connectivity index (χ0v) is 15.3. The van der Waals surface area contributed by atoms with Gasteiger partial charge < -0.3 is 25.3 Å². The molecule has 1 aromatic rings. The second-order valence-electron chi connectivity index (χ2n) is 5.88. The number of methoxy groups -OCH3 is 3. The fourth-order valence-electron chi connectivity index (χ4n) is 3.03. The van der Waals surface area contributed by atoms with Crippen LogP contribution in [0.25, 0.3) is 0 Å². The molecule has 1 fully saturated rings. The fraction of sp³-hybridized carbons (Fsp3) is 0.588. The van der Waals surface area contributed by atoms with E-state index < -0.39 is 5.54 Å². The first-order valence-electron chi connectivity index (χ1n) is 7.90. The molecule has 1 saturated carbocycles. The van der Waals surface area contributed by atoms with E-state index in [0.29, 0.717) is 30.2 Å². The molecule has 0 radical (unpaired) electrons. The second kappa shape index (κ2) is 8.99. The Morgan fingerprint density at radius 1 is 1.12 bits per heavy atom. The normalized spacial score (nSPS) is 15.3. The molecule has 136 valence electrons. The average molecular weight is 359 g/mol. The van der Waals surface area contributed by atoms with Crippen LogP contribution in [0.2, 0.25) is 0 Å². The lowest BCUT2D eigenvalue weighted by atomic mass is 9.98. The largest absolute Gasteiger partial charge is 0.496 e. The molecule has 0 bridgehead atoms. The lowest BCUT2D eigenvalue weighted by molar-refractivity contribution is -0.126. The van der Waals surface area contributed by atoms with Crippen LogP contribution >= 0.6 is 12.4 Å². The molecule has 1 aliphatic carbocycles. The standard InChI is InChI=1S/C17H26N2O4.ClH/c1-21-12-10-14(22-2)13(15(11-12)23-3)6-9-19-16(20)17(18)7-4-5-8-17;/h10-11H,4-9,18H2,1-3H3,(H,19,20);1H. The number of amides is 1. The number of carbonyl (C=O) groups excluding carboxylic acids is 1. The Morgan fingerprint density at radius 3 is 2.12 bits per heavy atom. The van der Waals surface area contributed by atoms with Crippen molar-refractivity contribution >= 4 is 18.3 Å². The summed E-state index contributed by atoms with van der Waals surface area (Å²) >= 11 is 0. The number of benzene rings is 1. The second-order valence-corrected chi connectivity index (χ2v) is 5.88. The zero-order chi connectivity index (χ0) is 16.9. The fourth-order valence-corrected chi connectivity index (χ4v) is 3.03. The Balaban J connectivity index is 0.00000288. The first-order valence-corrected chi connectivity index (χ1v) is 7.90. The van der Waals surface area contributed by atoms with E-state index in [1.54, 1.807) is 33.5 Å². The van der Waals surface area contributed by atoms with E-state index in [2.05, 4.69) is 5.32 Å². The minimum absolute atomic E-state index is 0. The number of carbonyl (C=O) groups is 1. The van der Waals surface area contributed by atoms with E-state index in [-0.39, 0.29) is 18.3 Å². The highest BCUT2D eigenvalue weighted by atomic mass is 35.5. The summed E-state index contributed by atoms with van der Waals surface area (Å²) in [6.45, 7) is 0.483. The molecule has 6 nitrogen and oxygen atoms in total. The van der Waals surface area contributed by atoms with Gasteiger partial charge in [-0.05, 0) is 19.3 Å². The third-order valence-electron chi connectivity index (χ3n) is 4.43. The Hall–Kier alpha value is -1.66. The average Bonchev–Trinajstić information content (AvgIpc) is 3.02. The number of hydrogen-bond acceptors (Lipinski definition) is 5. The number of nitrogens with two attached hydrogens (primary N) is 1. The molecule has 7 heteroatoms. The molecule has 0 heterocycles. The Kier molecular flexibility index (Phi) is 7.63. The molecular formula is C17H27ClN2O4. The van der Waals surface area contributed by atoms with Crippen molar-refractivity contribution in [1.82, 2.24) is 5.32 Å². The van der Waals surface area contributed by atoms with E-state index in [4.69, 9.17) is 19.9 Å². The molecule has 1 aliphatic rings. The number of hydrogen-bond donors (Lipinski definition) is 2. The first kappa shape index (κ1) is 20.4. The van der Waals surface area contributed by atoms with Gasteiger partial charge in [-0.3, -0.25) is 4.79 Å². The molecule has 0 atom stereocenters. The van der Waals surface area contributed by atoms with Crippen molar-refractivity contribution in [3.05, 3.63) is 17.7 Å². The van der Waals surface area contributed by atoms with Gasteiger partial charge in [-0.1, -0.05) is 12.8 Å². The summed E-state index contributed by atoms with van der Waals surface area (Å²) in [5.41, 5.74) is 6.35. The number of halogens is 1. The van der Waals surface area contributed by atoms with Crippen LogP contribution in [-0.2, 0) is 11.2 Å². The van der Waals surface area contributed by atoms with Gasteiger partial charge in [-0.25, -0.2) is 0 Å². The van der Waals surface area contributed by atoms with Crippen molar-refractivity contribution < 1.29 is 19.0 Å². The smallest absolute Gasteiger partial charge is 0.240 e. The minimum Gasteiger partial charge on any atom is -0.496 e. The van der Waals surface area contributed by atoms with Gasteiger partial charge in [0.05, 0.1) is 26.9 Å². The molecule has 0 spiro atoms. The zero-order valence-electron chi connectivity index (χ0n) is 14.5. The highest BCUT2D eigenvalue weighted by molar-refractivity contribution is 5.86. The molecular weight excluding hydrogens is 332 g/mol. The van der Waals surface area contributed by atoms with E-state index >= 15 is 0 Å². The molecule has 3 N–H and O–H groups in total. The van der Waals surface area contributed by atoms with E-state index in [0.717, 1.165) is 31.2 Å². The molecule has 0 aliphatic heterocycles. The monoisotopic (exact) mass is 358 g/mol. The van der Waals surface area contributed by atoms with Crippen LogP contribution in [0.4, 0.5) is 0 Å². The number of nitrogens with one attached hydrogen (secondary N) is 1. The van der Waals surface area contributed by atoms with Crippen LogP contribution < -0.4 is 25.3 Å². The maximum atomic E-state index is 12.2. The van der Waals surface area contributed by atoms with Gasteiger partial charge in [-0.15, -0.1) is 12.4 Å². The lowest BCUT2D eigenvalue weighted by Gasteiger charge is -2.22. The van der Waals surface area contributed by atoms with Crippen LogP contribution in [0.1, 0.15) is 31.2 Å². The van der Waals surface area contributed by atoms with Crippen LogP contribution in [0.5, 0.6) is 17.2 Å². The summed E-state index contributed by atoms with van der Waals surface area (Å²) in [5, 5.41) is 2.94. The van der Waals surface area contributed by atoms with Gasteiger partial charge in [0.25, 0.3) is 0 Å². The van der Waals surface area contributed by atoms with Crippen molar-refractivity contribution in [1.29, 1.82) is 0 Å². The molecule has 2 rings (SSSR count). The molecule has 0 aromatic heterocycles. The Morgan fingerprint density at radius 2 is 1.67 bits per heavy atom. The Bertz CT molecular complexity index is 535. The van der Waals surface area contributed by atoms with Gasteiger partial charge in [0, 0.05) is 24.2 Å². The van der Waals surface area contributed by atoms with Crippen LogP contribution in [-0.4, -0.2) is 39.3 Å². The maximum Gasteiger partial charge on any atom is 0.240 e. The van der Waals surface area contributed by atoms with Crippen molar-refractivity contribution in [3.8, 4) is 17.2 Å². The van der Waals surface area contributed by atoms with Crippen LogP contribution in [0, 0.1) is 0 Å². The predicted octanol–water partition coefficient (Wildman–Crippen LogP) is 2.06. The summed E-state index contributed by atoms with van der Waals surface area (Å²) in [5.74, 6) is 1.96. The van der Waals surface area contributed by atoms with Gasteiger partial charge >= 0.3 is 0 Å². The number of rotatable bonds is 7. The summed E-state index contributed by atoms with van der Waals surface area (Å²) < 4.78 is 16.1. The summed E-state index contributed by atoms with van der Waals surface area (Å²) in [6, 6.07) is 3.61. The molecule has 0 unspecified atom stereocenters. The van der Waals surface area contributed by atoms with Crippen LogP contribution in [0.3, 0.4) is 0 Å². The topological polar surface area (TPSA) is 82.8 Å². The van der Waals surface area contributed by atoms with Crippen molar-refractivity contribution in [2.24, 2.45) is 5.73 Å². The Labute approximate surface area is 149 Å². The van der Waals surface area contributed by atoms with Gasteiger partial charge in [0.2, 0.25) is 5.91 Å². The highest BCUT2D eigenvalue weighted by Gasteiger charge is 2.36. The molecule has 1 aromatic carbocycles. The van der Waals surface area contributed by atoms with E-state index in [1.165, 1.54) is 0 Å². The molecule has 1 amide bonds. The van der Waals surface area contributed by atoms with Crippen molar-refractivity contribution in [3.63, 3.8) is 0 Å². The highest BCUT2D eigenvalue weighted by Crippen LogP contribution is 2.34. The minimum atomic E-state index is -0.700. The first-order chi connectivity index (χ1) is 11.0. The van der Waals surface area contributed by atoms with Crippen molar-refractivity contribution in [2.45, 2.75) is 37.6 Å². The van der Waals surface area contributed by atoms with E-state index in [9.17, 15) is 4.79 Å². The lowest BCUT2D eigenvalue weighted by Crippen LogP contribution is -2.52. The maximum absolute atomic E-state index is 12.2. The predicted molar refractivity (Wildman–Crippen MR) is 95.4 cm³/mol. The SMILES string of the molecule is COc1cc(OC)c(CCNC(=O)C2(N)CCCC2)c(OC)c1.Cl. The summed E-state index contributed by atoms with van der Waals surface area (Å²) in [7, 11) is 4.80. The van der Waals surface area contributed by atoms with Gasteiger partial charge in [0.15, 0.2) is 0 Å². The number of ether oxygens (including phenoxy) is 3. The van der Waals surface area contributed by atoms with Crippen molar-refractivity contribution in [2.75, 3.05) is 27.9 Å².